The maximum atomic E-state index is 12.0. The number of aliphatic imine (C=N–C) groups is 1. The van der Waals surface area contributed by atoms with Gasteiger partial charge in [0.15, 0.2) is 11.8 Å². The zero-order chi connectivity index (χ0) is 21.3. The van der Waals surface area contributed by atoms with Crippen LogP contribution < -0.4 is 10.6 Å². The second-order valence-corrected chi connectivity index (χ2v) is 6.92. The largest absolute Gasteiger partial charge is 0.357 e. The lowest BCUT2D eigenvalue weighted by atomic mass is 10.1. The van der Waals surface area contributed by atoms with Gasteiger partial charge in [0.1, 0.15) is 0 Å². The summed E-state index contributed by atoms with van der Waals surface area (Å²) in [6.07, 6.45) is 5.35. The summed E-state index contributed by atoms with van der Waals surface area (Å²) >= 11 is 0. The molecule has 0 radical (unpaired) electrons. The third-order valence-corrected chi connectivity index (χ3v) is 4.38. The van der Waals surface area contributed by atoms with E-state index in [4.69, 9.17) is 0 Å². The van der Waals surface area contributed by atoms with E-state index < -0.39 is 0 Å². The van der Waals surface area contributed by atoms with Crippen LogP contribution in [-0.2, 0) is 13.1 Å². The summed E-state index contributed by atoms with van der Waals surface area (Å²) in [6.45, 7) is 3.91. The Morgan fingerprint density at radius 2 is 1.90 bits per heavy atom. The first-order valence-electron chi connectivity index (χ1n) is 9.84. The van der Waals surface area contributed by atoms with E-state index in [1.54, 1.807) is 36.1 Å². The predicted octanol–water partition coefficient (Wildman–Crippen LogP) is 2.22. The summed E-state index contributed by atoms with van der Waals surface area (Å²) in [6, 6.07) is 13.4. The highest BCUT2D eigenvalue weighted by atomic mass is 16.2. The molecule has 2 aromatic heterocycles. The Bertz CT molecular complexity index is 979. The quantitative estimate of drug-likeness (QED) is 0.465. The van der Waals surface area contributed by atoms with Crippen LogP contribution in [-0.4, -0.2) is 52.2 Å². The predicted molar refractivity (Wildman–Crippen MR) is 117 cm³/mol. The minimum atomic E-state index is -0.00348. The summed E-state index contributed by atoms with van der Waals surface area (Å²) < 4.78 is 1.72. The lowest BCUT2D eigenvalue weighted by molar-refractivity contribution is 0.0827. The highest BCUT2D eigenvalue weighted by Gasteiger charge is 2.07. The number of carbonyl (C=O) groups excluding carboxylic acids is 1. The van der Waals surface area contributed by atoms with Crippen molar-refractivity contribution in [1.82, 2.24) is 30.3 Å². The summed E-state index contributed by atoms with van der Waals surface area (Å²) in [5, 5.41) is 10.8. The molecule has 2 N–H and O–H groups in total. The molecule has 2 heterocycles. The number of benzene rings is 1. The minimum absolute atomic E-state index is 0.00348. The molecular weight excluding hydrogens is 378 g/mol. The molecular formula is C22H27N7O. The van der Waals surface area contributed by atoms with Crippen LogP contribution >= 0.6 is 0 Å². The number of pyridine rings is 1. The van der Waals surface area contributed by atoms with E-state index in [0.29, 0.717) is 18.7 Å². The van der Waals surface area contributed by atoms with Crippen LogP contribution in [0.5, 0.6) is 0 Å². The molecule has 8 nitrogen and oxygen atoms in total. The van der Waals surface area contributed by atoms with E-state index in [1.165, 1.54) is 0 Å². The Labute approximate surface area is 176 Å². The SMILES string of the molecule is CCNC(=NCc1ccnc(-n2cccn2)c1)NCc1ccc(C(=O)N(C)C)cc1. The van der Waals surface area contributed by atoms with Gasteiger partial charge in [0.05, 0.1) is 6.54 Å². The number of nitrogens with zero attached hydrogens (tertiary/aromatic N) is 5. The molecule has 8 heteroatoms. The number of carbonyl (C=O) groups is 1. The van der Waals surface area contributed by atoms with E-state index in [9.17, 15) is 4.79 Å². The standard InChI is InChI=1S/C22H27N7O/c1-4-23-22(25-15-17-6-8-19(9-7-17)21(30)28(2)3)26-16-18-10-12-24-20(14-18)29-13-5-11-27-29/h5-14H,4,15-16H2,1-3H3,(H2,23,25,26). The lowest BCUT2D eigenvalue weighted by Crippen LogP contribution is -2.36. The van der Waals surface area contributed by atoms with E-state index >= 15 is 0 Å². The van der Waals surface area contributed by atoms with Crippen LogP contribution in [0.25, 0.3) is 5.82 Å². The van der Waals surface area contributed by atoms with E-state index in [-0.39, 0.29) is 5.91 Å². The van der Waals surface area contributed by atoms with Crippen molar-refractivity contribution in [2.75, 3.05) is 20.6 Å². The van der Waals surface area contributed by atoms with Crippen LogP contribution in [0, 0.1) is 0 Å². The molecule has 0 atom stereocenters. The van der Waals surface area contributed by atoms with Gasteiger partial charge >= 0.3 is 0 Å². The number of aromatic nitrogens is 3. The summed E-state index contributed by atoms with van der Waals surface area (Å²) in [5.41, 5.74) is 2.79. The van der Waals surface area contributed by atoms with Gasteiger partial charge in [-0.3, -0.25) is 4.79 Å². The second kappa shape index (κ2) is 10.2. The third-order valence-electron chi connectivity index (χ3n) is 4.38. The molecule has 3 rings (SSSR count). The van der Waals surface area contributed by atoms with Gasteiger partial charge in [-0.2, -0.15) is 5.10 Å². The molecule has 0 bridgehead atoms. The molecule has 0 fully saturated rings. The highest BCUT2D eigenvalue weighted by Crippen LogP contribution is 2.08. The molecule has 30 heavy (non-hydrogen) atoms. The molecule has 0 aliphatic heterocycles. The zero-order valence-electron chi connectivity index (χ0n) is 17.5. The van der Waals surface area contributed by atoms with Gasteiger partial charge in [-0.15, -0.1) is 0 Å². The number of hydrogen-bond acceptors (Lipinski definition) is 4. The normalized spacial score (nSPS) is 11.2. The number of nitrogens with one attached hydrogen (secondary N) is 2. The van der Waals surface area contributed by atoms with Gasteiger partial charge < -0.3 is 15.5 Å². The monoisotopic (exact) mass is 405 g/mol. The molecule has 0 spiro atoms. The summed E-state index contributed by atoms with van der Waals surface area (Å²) in [5.74, 6) is 1.48. The Morgan fingerprint density at radius 3 is 2.57 bits per heavy atom. The molecule has 1 aromatic carbocycles. The summed E-state index contributed by atoms with van der Waals surface area (Å²) in [4.78, 5) is 22.6. The molecule has 156 valence electrons. The van der Waals surface area contributed by atoms with Crippen molar-refractivity contribution in [3.63, 3.8) is 0 Å². The topological polar surface area (TPSA) is 87.4 Å². The minimum Gasteiger partial charge on any atom is -0.357 e. The smallest absolute Gasteiger partial charge is 0.253 e. The van der Waals surface area contributed by atoms with Crippen molar-refractivity contribution in [3.05, 3.63) is 77.7 Å². The number of rotatable bonds is 7. The number of guanidine groups is 1. The lowest BCUT2D eigenvalue weighted by Gasteiger charge is -2.13. The van der Waals surface area contributed by atoms with Gasteiger partial charge in [0.25, 0.3) is 5.91 Å². The Hall–Kier alpha value is -3.68. The van der Waals surface area contributed by atoms with Crippen molar-refractivity contribution in [2.24, 2.45) is 4.99 Å². The number of amides is 1. The highest BCUT2D eigenvalue weighted by molar-refractivity contribution is 5.93. The first kappa shape index (κ1) is 21.0. The molecule has 0 aliphatic rings. The zero-order valence-corrected chi connectivity index (χ0v) is 17.5. The van der Waals surface area contributed by atoms with Gasteiger partial charge in [-0.05, 0) is 48.4 Å². The maximum absolute atomic E-state index is 12.0. The Kier molecular flexibility index (Phi) is 7.15. The maximum Gasteiger partial charge on any atom is 0.253 e. The molecule has 0 saturated carbocycles. The van der Waals surface area contributed by atoms with Crippen molar-refractivity contribution < 1.29 is 4.79 Å². The van der Waals surface area contributed by atoms with E-state index in [0.717, 1.165) is 29.4 Å². The van der Waals surface area contributed by atoms with Crippen molar-refractivity contribution in [1.29, 1.82) is 0 Å². The molecule has 0 aliphatic carbocycles. The Balaban J connectivity index is 1.62. The molecule has 3 aromatic rings. The Morgan fingerprint density at radius 1 is 1.10 bits per heavy atom. The fourth-order valence-electron chi connectivity index (χ4n) is 2.81. The van der Waals surface area contributed by atoms with Crippen LogP contribution in [0.3, 0.4) is 0 Å². The van der Waals surface area contributed by atoms with Gasteiger partial charge in [-0.25, -0.2) is 14.7 Å². The van der Waals surface area contributed by atoms with Gasteiger partial charge in [0.2, 0.25) is 0 Å². The van der Waals surface area contributed by atoms with Crippen molar-refractivity contribution in [3.8, 4) is 5.82 Å². The average molecular weight is 406 g/mol. The molecule has 0 unspecified atom stereocenters. The fraction of sp³-hybridized carbons (Fsp3) is 0.273. The molecule has 0 saturated heterocycles. The van der Waals surface area contributed by atoms with Crippen LogP contribution in [0.2, 0.25) is 0 Å². The molecule has 1 amide bonds. The van der Waals surface area contributed by atoms with Crippen molar-refractivity contribution >= 4 is 11.9 Å². The average Bonchev–Trinajstić information content (AvgIpc) is 3.31. The van der Waals surface area contributed by atoms with E-state index in [1.807, 2.05) is 55.6 Å². The van der Waals surface area contributed by atoms with Gasteiger partial charge in [0, 0.05) is 51.3 Å². The van der Waals surface area contributed by atoms with Crippen LogP contribution in [0.1, 0.15) is 28.4 Å². The summed E-state index contributed by atoms with van der Waals surface area (Å²) in [7, 11) is 3.50. The van der Waals surface area contributed by atoms with Crippen LogP contribution in [0.4, 0.5) is 0 Å². The van der Waals surface area contributed by atoms with Crippen LogP contribution in [0.15, 0.2) is 66.0 Å². The second-order valence-electron chi connectivity index (χ2n) is 6.92. The van der Waals surface area contributed by atoms with E-state index in [2.05, 4.69) is 25.7 Å². The number of hydrogen-bond donors (Lipinski definition) is 2. The first-order valence-corrected chi connectivity index (χ1v) is 9.84. The third kappa shape index (κ3) is 5.66. The van der Waals surface area contributed by atoms with Crippen molar-refractivity contribution in [2.45, 2.75) is 20.0 Å². The first-order chi connectivity index (χ1) is 14.6. The van der Waals surface area contributed by atoms with Gasteiger partial charge in [-0.1, -0.05) is 12.1 Å². The fourth-order valence-corrected chi connectivity index (χ4v) is 2.81.